The molecule has 0 spiro atoms. The van der Waals surface area contributed by atoms with Crippen LogP contribution in [-0.4, -0.2) is 14.1 Å². The molecule has 0 unspecified atom stereocenters. The molecule has 7 rings (SSSR count). The van der Waals surface area contributed by atoms with Gasteiger partial charge in [-0.1, -0.05) is 72.8 Å². The molecule has 0 saturated carbocycles. The van der Waals surface area contributed by atoms with Gasteiger partial charge in [0.1, 0.15) is 0 Å². The average Bonchev–Trinajstić information content (AvgIpc) is 3.09. The highest BCUT2D eigenvalue weighted by molar-refractivity contribution is 6.02. The standard InChI is InChI=1S/C12H14N2.2C10H10N2.C7H6F3N/c1-14(2)12-8-7-11(13)9-5-3-4-6-10(9)12;2*11-9-5-6-10(12)8-4-2-1-3-7(8)9;8-7(9,10)5-1-3-6(11)4-2-5/h3-8H,13H2,1-2H3;2*1-6H,11-12H2;1-4H,11H2. The van der Waals surface area contributed by atoms with Crippen molar-refractivity contribution >= 4 is 72.1 Å². The highest BCUT2D eigenvalue weighted by Gasteiger charge is 2.29. The van der Waals surface area contributed by atoms with E-state index in [4.69, 9.17) is 34.4 Å². The minimum Gasteiger partial charge on any atom is -0.399 e. The first-order chi connectivity index (χ1) is 23.3. The molecule has 0 heterocycles. The van der Waals surface area contributed by atoms with E-state index in [0.717, 1.165) is 67.5 Å². The quantitative estimate of drug-likeness (QED) is 0.0958. The molecule has 7 aromatic rings. The summed E-state index contributed by atoms with van der Waals surface area (Å²) in [6.07, 6.45) is -4.27. The number of anilines is 7. The van der Waals surface area contributed by atoms with Gasteiger partial charge in [0.05, 0.1) is 5.56 Å². The number of rotatable bonds is 1. The minimum atomic E-state index is -4.27. The van der Waals surface area contributed by atoms with Gasteiger partial charge < -0.3 is 39.3 Å². The highest BCUT2D eigenvalue weighted by Crippen LogP contribution is 2.31. The van der Waals surface area contributed by atoms with Gasteiger partial charge in [0.15, 0.2) is 0 Å². The Morgan fingerprint density at radius 3 is 0.980 bits per heavy atom. The van der Waals surface area contributed by atoms with Gasteiger partial charge in [0.25, 0.3) is 0 Å². The topological polar surface area (TPSA) is 159 Å². The predicted octanol–water partition coefficient (Wildman–Crippen LogP) is 8.78. The van der Waals surface area contributed by atoms with E-state index in [1.165, 1.54) is 23.2 Å². The molecule has 0 amide bonds. The Morgan fingerprint density at radius 2 is 0.673 bits per heavy atom. The SMILES string of the molecule is CN(C)c1ccc(N)c2ccccc12.Nc1ccc(C(F)(F)F)cc1.Nc1ccc(N)c2ccccc12.Nc1ccc(N)c2ccccc12. The van der Waals surface area contributed by atoms with E-state index in [1.54, 1.807) is 0 Å². The lowest BCUT2D eigenvalue weighted by atomic mass is 10.1. The van der Waals surface area contributed by atoms with Gasteiger partial charge in [-0.15, -0.1) is 0 Å². The van der Waals surface area contributed by atoms with Crippen LogP contribution in [0.1, 0.15) is 5.56 Å². The predicted molar refractivity (Wildman–Crippen MR) is 204 cm³/mol. The van der Waals surface area contributed by atoms with Crippen LogP contribution in [0.3, 0.4) is 0 Å². The number of alkyl halides is 3. The maximum absolute atomic E-state index is 11.9. The maximum atomic E-state index is 11.9. The Morgan fingerprint density at radius 1 is 0.388 bits per heavy atom. The first kappa shape index (κ1) is 35.6. The minimum absolute atomic E-state index is 0.331. The maximum Gasteiger partial charge on any atom is 0.416 e. The van der Waals surface area contributed by atoms with Crippen molar-refractivity contribution in [1.82, 2.24) is 0 Å². The molecule has 0 saturated heterocycles. The normalized spacial score (nSPS) is 10.6. The third-order valence-electron chi connectivity index (χ3n) is 7.64. The molecule has 0 aliphatic carbocycles. The number of hydrogen-bond acceptors (Lipinski definition) is 7. The van der Waals surface area contributed by atoms with Crippen molar-refractivity contribution in [2.45, 2.75) is 6.18 Å². The Balaban J connectivity index is 0.000000148. The molecule has 0 radical (unpaired) electrons. The van der Waals surface area contributed by atoms with Crippen molar-refractivity contribution in [2.24, 2.45) is 0 Å². The first-order valence-electron chi connectivity index (χ1n) is 15.2. The molecule has 252 valence electrons. The zero-order valence-electron chi connectivity index (χ0n) is 27.2. The fourth-order valence-corrected chi connectivity index (χ4v) is 5.06. The Labute approximate surface area is 283 Å². The molecule has 7 nitrogen and oxygen atoms in total. The number of hydrogen-bond donors (Lipinski definition) is 6. The third-order valence-corrected chi connectivity index (χ3v) is 7.64. The number of halogens is 3. The summed E-state index contributed by atoms with van der Waals surface area (Å²) in [6.45, 7) is 0. The number of benzene rings is 7. The van der Waals surface area contributed by atoms with Crippen molar-refractivity contribution in [3.8, 4) is 0 Å². The number of nitrogens with zero attached hydrogens (tertiary/aromatic N) is 1. The van der Waals surface area contributed by atoms with E-state index in [9.17, 15) is 13.2 Å². The van der Waals surface area contributed by atoms with Crippen LogP contribution in [-0.2, 0) is 6.18 Å². The van der Waals surface area contributed by atoms with Crippen LogP contribution in [0.2, 0.25) is 0 Å². The average molecular weight is 664 g/mol. The van der Waals surface area contributed by atoms with Crippen molar-refractivity contribution < 1.29 is 13.2 Å². The number of nitrogen functional groups attached to an aromatic ring is 6. The summed E-state index contributed by atoms with van der Waals surface area (Å²) in [5, 5.41) is 6.43. The van der Waals surface area contributed by atoms with Crippen LogP contribution < -0.4 is 39.3 Å². The Kier molecular flexibility index (Phi) is 11.3. The van der Waals surface area contributed by atoms with Crippen molar-refractivity contribution in [2.75, 3.05) is 53.4 Å². The lowest BCUT2D eigenvalue weighted by Crippen LogP contribution is -2.09. The van der Waals surface area contributed by atoms with Gasteiger partial charge in [-0.25, -0.2) is 0 Å². The van der Waals surface area contributed by atoms with Crippen LogP contribution in [0, 0.1) is 0 Å². The molecule has 0 aromatic heterocycles. The molecule has 7 aromatic carbocycles. The fourth-order valence-electron chi connectivity index (χ4n) is 5.06. The smallest absolute Gasteiger partial charge is 0.399 e. The largest absolute Gasteiger partial charge is 0.416 e. The van der Waals surface area contributed by atoms with Gasteiger partial charge in [-0.05, 0) is 60.7 Å². The van der Waals surface area contributed by atoms with Gasteiger partial charge >= 0.3 is 6.18 Å². The molecule has 12 N–H and O–H groups in total. The lowest BCUT2D eigenvalue weighted by molar-refractivity contribution is -0.137. The van der Waals surface area contributed by atoms with E-state index in [2.05, 4.69) is 23.1 Å². The first-order valence-corrected chi connectivity index (χ1v) is 15.2. The second-order valence-electron chi connectivity index (χ2n) is 11.3. The molecule has 0 fully saturated rings. The molecule has 0 bridgehead atoms. The molecule has 0 atom stereocenters. The van der Waals surface area contributed by atoms with Gasteiger partial charge in [-0.2, -0.15) is 13.2 Å². The van der Waals surface area contributed by atoms with Crippen molar-refractivity contribution in [3.05, 3.63) is 139 Å². The summed E-state index contributed by atoms with van der Waals surface area (Å²) >= 11 is 0. The van der Waals surface area contributed by atoms with E-state index in [1.807, 2.05) is 105 Å². The zero-order chi connectivity index (χ0) is 35.7. The van der Waals surface area contributed by atoms with E-state index in [-0.39, 0.29) is 0 Å². The van der Waals surface area contributed by atoms with Crippen molar-refractivity contribution in [3.63, 3.8) is 0 Å². The second-order valence-corrected chi connectivity index (χ2v) is 11.3. The Hall–Kier alpha value is -6.29. The summed E-state index contributed by atoms with van der Waals surface area (Å²) in [4.78, 5) is 2.10. The number of nitrogens with two attached hydrogens (primary N) is 6. The lowest BCUT2D eigenvalue weighted by Gasteiger charge is -2.16. The Bertz CT molecular complexity index is 2000. The summed E-state index contributed by atoms with van der Waals surface area (Å²) in [5.74, 6) is 0. The van der Waals surface area contributed by atoms with E-state index >= 15 is 0 Å². The zero-order valence-corrected chi connectivity index (χ0v) is 27.2. The van der Waals surface area contributed by atoms with Gasteiger partial charge in [-0.3, -0.25) is 0 Å². The number of fused-ring (bicyclic) bond motifs is 3. The molecule has 10 heteroatoms. The van der Waals surface area contributed by atoms with Crippen LogP contribution in [0.4, 0.5) is 53.0 Å². The van der Waals surface area contributed by atoms with E-state index < -0.39 is 11.7 Å². The van der Waals surface area contributed by atoms with Crippen LogP contribution in [0.5, 0.6) is 0 Å². The van der Waals surface area contributed by atoms with Gasteiger partial charge in [0.2, 0.25) is 0 Å². The van der Waals surface area contributed by atoms with Crippen LogP contribution >= 0.6 is 0 Å². The van der Waals surface area contributed by atoms with Crippen molar-refractivity contribution in [1.29, 1.82) is 0 Å². The second kappa shape index (κ2) is 15.5. The molecular formula is C39H40F3N7. The molecule has 0 aliphatic rings. The fraction of sp³-hybridized carbons (Fsp3) is 0.0769. The highest BCUT2D eigenvalue weighted by atomic mass is 19.4. The molecule has 0 aliphatic heterocycles. The van der Waals surface area contributed by atoms with Gasteiger partial charge in [0, 0.05) is 86.2 Å². The summed E-state index contributed by atoms with van der Waals surface area (Å²) in [7, 11) is 4.08. The summed E-state index contributed by atoms with van der Waals surface area (Å²) in [6, 6.07) is 39.6. The monoisotopic (exact) mass is 663 g/mol. The summed E-state index contributed by atoms with van der Waals surface area (Å²) in [5.41, 5.74) is 39.0. The van der Waals surface area contributed by atoms with Crippen LogP contribution in [0.25, 0.3) is 32.3 Å². The summed E-state index contributed by atoms with van der Waals surface area (Å²) < 4.78 is 35.6. The van der Waals surface area contributed by atoms with Crippen LogP contribution in [0.15, 0.2) is 133 Å². The molecular weight excluding hydrogens is 623 g/mol. The third kappa shape index (κ3) is 8.95. The van der Waals surface area contributed by atoms with E-state index in [0.29, 0.717) is 5.69 Å². The molecule has 49 heavy (non-hydrogen) atoms.